The van der Waals surface area contributed by atoms with Gasteiger partial charge in [0.2, 0.25) is 0 Å². The molecule has 1 aliphatic rings. The summed E-state index contributed by atoms with van der Waals surface area (Å²) in [5, 5.41) is 15.2. The summed E-state index contributed by atoms with van der Waals surface area (Å²) in [6, 6.07) is 3.78. The number of hydrogen-bond acceptors (Lipinski definition) is 3. The molecule has 1 aromatic rings. The Bertz CT molecular complexity index is 491. The molecule has 0 radical (unpaired) electrons. The van der Waals surface area contributed by atoms with Gasteiger partial charge in [0.25, 0.3) is 5.91 Å². The van der Waals surface area contributed by atoms with Crippen LogP contribution < -0.4 is 10.6 Å². The minimum absolute atomic E-state index is 0.0643. The lowest BCUT2D eigenvalue weighted by Gasteiger charge is -2.29. The van der Waals surface area contributed by atoms with Crippen LogP contribution in [0.25, 0.3) is 0 Å². The molecule has 0 aromatic heterocycles. The number of rotatable bonds is 2. The Morgan fingerprint density at radius 3 is 2.80 bits per heavy atom. The first-order valence-corrected chi connectivity index (χ1v) is 6.25. The van der Waals surface area contributed by atoms with E-state index in [-0.39, 0.29) is 5.56 Å². The Balaban J connectivity index is 2.09. The van der Waals surface area contributed by atoms with Crippen LogP contribution in [0.4, 0.5) is 13.2 Å². The van der Waals surface area contributed by atoms with E-state index in [0.29, 0.717) is 19.5 Å². The fraction of sp³-hybridized carbons (Fsp3) is 0.462. The van der Waals surface area contributed by atoms with Crippen LogP contribution in [-0.2, 0) is 6.18 Å². The summed E-state index contributed by atoms with van der Waals surface area (Å²) in [7, 11) is 0. The molecule has 2 atom stereocenters. The van der Waals surface area contributed by atoms with Gasteiger partial charge in [-0.05, 0) is 31.2 Å². The largest absolute Gasteiger partial charge is 0.416 e. The average molecular weight is 288 g/mol. The van der Waals surface area contributed by atoms with E-state index in [9.17, 15) is 23.1 Å². The quantitative estimate of drug-likeness (QED) is 0.765. The molecule has 0 spiro atoms. The molecule has 110 valence electrons. The molecule has 2 rings (SSSR count). The molecule has 1 aliphatic heterocycles. The van der Waals surface area contributed by atoms with E-state index in [0.717, 1.165) is 12.1 Å². The standard InChI is InChI=1S/C13H15F3N2O2/c14-13(15,16)9-3-1-2-8(6-9)12(20)18-10-4-5-17-7-11(10)19/h1-3,6,10-11,17,19H,4-5,7H2,(H,18,20)/t10-,11-/m1/s1. The number of aliphatic hydroxyl groups excluding tert-OH is 1. The molecule has 0 aliphatic carbocycles. The minimum atomic E-state index is -4.48. The number of hydrogen-bond donors (Lipinski definition) is 3. The fourth-order valence-electron chi connectivity index (χ4n) is 2.10. The second kappa shape index (κ2) is 5.80. The van der Waals surface area contributed by atoms with Crippen LogP contribution in [0.1, 0.15) is 22.3 Å². The van der Waals surface area contributed by atoms with Crippen molar-refractivity contribution in [1.82, 2.24) is 10.6 Å². The highest BCUT2D eigenvalue weighted by Crippen LogP contribution is 2.29. The molecule has 7 heteroatoms. The second-order valence-corrected chi connectivity index (χ2v) is 4.72. The van der Waals surface area contributed by atoms with Crippen molar-refractivity contribution in [1.29, 1.82) is 0 Å². The normalized spacial score (nSPS) is 23.4. The maximum absolute atomic E-state index is 12.6. The third kappa shape index (κ3) is 3.49. The van der Waals surface area contributed by atoms with Gasteiger partial charge in [-0.3, -0.25) is 4.79 Å². The average Bonchev–Trinajstić information content (AvgIpc) is 2.40. The number of benzene rings is 1. The molecular formula is C13H15F3N2O2. The van der Waals surface area contributed by atoms with Crippen molar-refractivity contribution >= 4 is 5.91 Å². The van der Waals surface area contributed by atoms with Crippen molar-refractivity contribution in [2.75, 3.05) is 13.1 Å². The molecule has 1 heterocycles. The molecule has 1 aromatic carbocycles. The van der Waals surface area contributed by atoms with Crippen LogP contribution in [0.3, 0.4) is 0 Å². The molecule has 1 saturated heterocycles. The lowest BCUT2D eigenvalue weighted by Crippen LogP contribution is -2.52. The third-order valence-corrected chi connectivity index (χ3v) is 3.22. The van der Waals surface area contributed by atoms with Crippen molar-refractivity contribution in [3.05, 3.63) is 35.4 Å². The zero-order chi connectivity index (χ0) is 14.8. The van der Waals surface area contributed by atoms with Gasteiger partial charge in [0, 0.05) is 12.1 Å². The molecule has 1 fully saturated rings. The van der Waals surface area contributed by atoms with E-state index in [2.05, 4.69) is 10.6 Å². The maximum atomic E-state index is 12.6. The van der Waals surface area contributed by atoms with Gasteiger partial charge in [0.15, 0.2) is 0 Å². The molecule has 4 nitrogen and oxygen atoms in total. The van der Waals surface area contributed by atoms with Gasteiger partial charge >= 0.3 is 6.18 Å². The van der Waals surface area contributed by atoms with E-state index in [4.69, 9.17) is 0 Å². The molecular weight excluding hydrogens is 273 g/mol. The first kappa shape index (κ1) is 14.8. The molecule has 0 bridgehead atoms. The number of nitrogens with one attached hydrogen (secondary N) is 2. The van der Waals surface area contributed by atoms with Gasteiger partial charge in [0.05, 0.1) is 17.7 Å². The summed E-state index contributed by atoms with van der Waals surface area (Å²) in [4.78, 5) is 11.9. The van der Waals surface area contributed by atoms with Gasteiger partial charge in [-0.15, -0.1) is 0 Å². The fourth-order valence-corrected chi connectivity index (χ4v) is 2.10. The minimum Gasteiger partial charge on any atom is -0.390 e. The summed E-state index contributed by atoms with van der Waals surface area (Å²) in [5.41, 5.74) is -0.929. The molecule has 20 heavy (non-hydrogen) atoms. The van der Waals surface area contributed by atoms with Gasteiger partial charge < -0.3 is 15.7 Å². The summed E-state index contributed by atoms with van der Waals surface area (Å²) < 4.78 is 37.7. The summed E-state index contributed by atoms with van der Waals surface area (Å²) in [6.45, 7) is 0.998. The van der Waals surface area contributed by atoms with Crippen molar-refractivity contribution < 1.29 is 23.1 Å². The number of alkyl halides is 3. The predicted octanol–water partition coefficient (Wildman–Crippen LogP) is 1.16. The lowest BCUT2D eigenvalue weighted by molar-refractivity contribution is -0.137. The van der Waals surface area contributed by atoms with Crippen LogP contribution in [0.5, 0.6) is 0 Å². The van der Waals surface area contributed by atoms with Crippen LogP contribution in [0.15, 0.2) is 24.3 Å². The maximum Gasteiger partial charge on any atom is 0.416 e. The van der Waals surface area contributed by atoms with E-state index < -0.39 is 29.8 Å². The Morgan fingerprint density at radius 2 is 2.15 bits per heavy atom. The Morgan fingerprint density at radius 1 is 1.40 bits per heavy atom. The van der Waals surface area contributed by atoms with Crippen LogP contribution in [-0.4, -0.2) is 36.2 Å². The van der Waals surface area contributed by atoms with E-state index >= 15 is 0 Å². The zero-order valence-corrected chi connectivity index (χ0v) is 10.6. The third-order valence-electron chi connectivity index (χ3n) is 3.22. The first-order valence-electron chi connectivity index (χ1n) is 6.25. The topological polar surface area (TPSA) is 61.4 Å². The monoisotopic (exact) mass is 288 g/mol. The van der Waals surface area contributed by atoms with Crippen LogP contribution >= 0.6 is 0 Å². The smallest absolute Gasteiger partial charge is 0.390 e. The van der Waals surface area contributed by atoms with E-state index in [1.54, 1.807) is 0 Å². The summed E-state index contributed by atoms with van der Waals surface area (Å²) in [5.74, 6) is -0.609. The Kier molecular flexibility index (Phi) is 4.29. The molecule has 0 saturated carbocycles. The van der Waals surface area contributed by atoms with Crippen LogP contribution in [0, 0.1) is 0 Å². The van der Waals surface area contributed by atoms with Gasteiger partial charge in [-0.25, -0.2) is 0 Å². The van der Waals surface area contributed by atoms with Gasteiger partial charge in [-0.2, -0.15) is 13.2 Å². The zero-order valence-electron chi connectivity index (χ0n) is 10.6. The predicted molar refractivity (Wildman–Crippen MR) is 66.2 cm³/mol. The second-order valence-electron chi connectivity index (χ2n) is 4.72. The summed E-state index contributed by atoms with van der Waals surface area (Å²) in [6.07, 6.45) is -4.69. The SMILES string of the molecule is O=C(N[C@@H]1CCNC[C@H]1O)c1cccc(C(F)(F)F)c1. The number of amides is 1. The Labute approximate surface area is 114 Å². The highest BCUT2D eigenvalue weighted by molar-refractivity contribution is 5.94. The highest BCUT2D eigenvalue weighted by atomic mass is 19.4. The van der Waals surface area contributed by atoms with Crippen molar-refractivity contribution in [3.63, 3.8) is 0 Å². The van der Waals surface area contributed by atoms with Crippen molar-refractivity contribution in [2.24, 2.45) is 0 Å². The van der Waals surface area contributed by atoms with E-state index in [1.807, 2.05) is 0 Å². The molecule has 1 amide bonds. The number of aliphatic hydroxyl groups is 1. The summed E-state index contributed by atoms with van der Waals surface area (Å²) >= 11 is 0. The number of carbonyl (C=O) groups excluding carboxylic acids is 1. The highest BCUT2D eigenvalue weighted by Gasteiger charge is 2.31. The van der Waals surface area contributed by atoms with Crippen molar-refractivity contribution in [3.8, 4) is 0 Å². The number of β-amino-alcohol motifs (C(OH)–C–C–N with tert-alkyl or cyclic N) is 1. The molecule has 3 N–H and O–H groups in total. The number of halogens is 3. The van der Waals surface area contributed by atoms with Gasteiger partial charge in [0.1, 0.15) is 0 Å². The number of piperidine rings is 1. The number of carbonyl (C=O) groups is 1. The lowest BCUT2D eigenvalue weighted by atomic mass is 10.0. The van der Waals surface area contributed by atoms with E-state index in [1.165, 1.54) is 12.1 Å². The van der Waals surface area contributed by atoms with Crippen LogP contribution in [0.2, 0.25) is 0 Å². The van der Waals surface area contributed by atoms with Crippen molar-refractivity contribution in [2.45, 2.75) is 24.7 Å². The van der Waals surface area contributed by atoms with Gasteiger partial charge in [-0.1, -0.05) is 6.07 Å². The molecule has 0 unspecified atom stereocenters. The first-order chi connectivity index (χ1) is 9.38. The Hall–Kier alpha value is -1.60.